The van der Waals surface area contributed by atoms with Gasteiger partial charge in [-0.3, -0.25) is 14.1 Å². The van der Waals surface area contributed by atoms with E-state index in [1.807, 2.05) is 61.5 Å². The number of hydrogen-bond donors (Lipinski definition) is 3. The molecular formula is C41H47ClN2O5S. The van der Waals surface area contributed by atoms with Crippen molar-refractivity contribution in [3.05, 3.63) is 124 Å². The van der Waals surface area contributed by atoms with Crippen molar-refractivity contribution in [1.29, 1.82) is 0 Å². The average Bonchev–Trinajstić information content (AvgIpc) is 3.07. The molecule has 4 aromatic rings. The second-order valence-electron chi connectivity index (χ2n) is 14.6. The molecule has 0 saturated heterocycles. The highest BCUT2D eigenvalue weighted by Gasteiger charge is 2.30. The zero-order valence-corrected chi connectivity index (χ0v) is 30.8. The molecule has 2 amide bonds. The van der Waals surface area contributed by atoms with Crippen LogP contribution in [0.4, 0.5) is 5.69 Å². The largest absolute Gasteiger partial charge is 0.351 e. The first-order valence-electron chi connectivity index (χ1n) is 17.3. The molecule has 0 spiro atoms. The minimum atomic E-state index is -4.17. The summed E-state index contributed by atoms with van der Waals surface area (Å²) in [6.45, 7) is 8.83. The first kappa shape index (κ1) is 37.3. The van der Waals surface area contributed by atoms with Crippen molar-refractivity contribution in [2.45, 2.75) is 71.6 Å². The highest BCUT2D eigenvalue weighted by molar-refractivity contribution is 7.85. The topological polar surface area (TPSA) is 113 Å². The summed E-state index contributed by atoms with van der Waals surface area (Å²) in [4.78, 5) is 26.5. The molecule has 0 unspecified atom stereocenters. The van der Waals surface area contributed by atoms with E-state index < -0.39 is 27.7 Å². The van der Waals surface area contributed by atoms with Crippen LogP contribution >= 0.6 is 11.6 Å². The Balaban J connectivity index is 1.33. The van der Waals surface area contributed by atoms with Crippen LogP contribution in [0, 0.1) is 18.3 Å². The van der Waals surface area contributed by atoms with Crippen LogP contribution < -0.4 is 10.6 Å². The molecule has 264 valence electrons. The fourth-order valence-corrected chi connectivity index (χ4v) is 7.58. The molecule has 0 radical (unpaired) electrons. The number of carbonyl (C=O) groups excluding carboxylic acids is 2. The molecular weight excluding hydrogens is 668 g/mol. The van der Waals surface area contributed by atoms with E-state index in [4.69, 9.17) is 16.2 Å². The number of nitrogens with one attached hydrogen (secondary N) is 2. The van der Waals surface area contributed by atoms with Gasteiger partial charge in [0.2, 0.25) is 5.91 Å². The lowest BCUT2D eigenvalue weighted by molar-refractivity contribution is -0.117. The average molecular weight is 715 g/mol. The Morgan fingerprint density at radius 1 is 0.880 bits per heavy atom. The van der Waals surface area contributed by atoms with Gasteiger partial charge in [0.25, 0.3) is 16.0 Å². The first-order valence-corrected chi connectivity index (χ1v) is 19.2. The summed E-state index contributed by atoms with van der Waals surface area (Å²) in [6, 6.07) is 29.0. The van der Waals surface area contributed by atoms with Crippen molar-refractivity contribution >= 4 is 39.2 Å². The summed E-state index contributed by atoms with van der Waals surface area (Å²) in [6.07, 6.45) is 5.21. The van der Waals surface area contributed by atoms with E-state index in [1.165, 1.54) is 31.2 Å². The fraction of sp³-hybridized carbons (Fsp3) is 0.366. The van der Waals surface area contributed by atoms with E-state index in [2.05, 4.69) is 55.7 Å². The molecule has 0 aromatic heterocycles. The van der Waals surface area contributed by atoms with Gasteiger partial charge in [0.1, 0.15) is 0 Å². The maximum atomic E-state index is 14.0. The van der Waals surface area contributed by atoms with Crippen LogP contribution in [0.5, 0.6) is 0 Å². The number of amides is 2. The van der Waals surface area contributed by atoms with Gasteiger partial charge in [-0.25, -0.2) is 0 Å². The summed E-state index contributed by atoms with van der Waals surface area (Å²) >= 11 is 6.16. The third kappa shape index (κ3) is 10.1. The lowest BCUT2D eigenvalue weighted by atomic mass is 9.68. The van der Waals surface area contributed by atoms with Crippen LogP contribution in [0.15, 0.2) is 91.0 Å². The third-order valence-electron chi connectivity index (χ3n) is 10.0. The molecule has 0 aliphatic heterocycles. The van der Waals surface area contributed by atoms with Gasteiger partial charge < -0.3 is 10.6 Å². The van der Waals surface area contributed by atoms with Crippen molar-refractivity contribution < 1.29 is 22.6 Å². The van der Waals surface area contributed by atoms with Gasteiger partial charge in [-0.2, -0.15) is 8.42 Å². The van der Waals surface area contributed by atoms with Gasteiger partial charge in [0, 0.05) is 22.8 Å². The Bertz CT molecular complexity index is 1890. The standard InChI is InChI=1S/C41H47ClN2O5S/c1-27-25-35(42)19-22-37(27)31-15-20-36(21-16-31)44-40(46)38(26-28-5-7-33(8-6-28)39(45)43-23-24-50(47,48)49)32-11-9-29(10-12-32)30-13-17-34(18-14-30)41(2,3)4/h5-12,15-16,19-22,25,30,34,38H,13-14,17-18,23-24,26H2,1-4H3,(H,43,45)(H,44,46)(H,47,48,49)/t30-,34-,38-/m0/s1. The highest BCUT2D eigenvalue weighted by atomic mass is 35.5. The predicted molar refractivity (Wildman–Crippen MR) is 202 cm³/mol. The van der Waals surface area contributed by atoms with Gasteiger partial charge in [-0.15, -0.1) is 0 Å². The third-order valence-corrected chi connectivity index (χ3v) is 11.0. The molecule has 1 saturated carbocycles. The lowest BCUT2D eigenvalue weighted by Gasteiger charge is -2.37. The maximum Gasteiger partial charge on any atom is 0.266 e. The summed E-state index contributed by atoms with van der Waals surface area (Å²) in [5.74, 6) is -0.370. The molecule has 3 N–H and O–H groups in total. The van der Waals surface area contributed by atoms with E-state index in [1.54, 1.807) is 12.1 Å². The second-order valence-corrected chi connectivity index (χ2v) is 16.6. The first-order chi connectivity index (χ1) is 23.7. The fourth-order valence-electron chi connectivity index (χ4n) is 6.99. The van der Waals surface area contributed by atoms with Gasteiger partial charge in [-0.1, -0.05) is 87.0 Å². The van der Waals surface area contributed by atoms with Crippen LogP contribution in [0.2, 0.25) is 5.02 Å². The van der Waals surface area contributed by atoms with E-state index in [-0.39, 0.29) is 12.5 Å². The molecule has 7 nitrogen and oxygen atoms in total. The summed E-state index contributed by atoms with van der Waals surface area (Å²) in [5, 5.41) is 6.32. The van der Waals surface area contributed by atoms with Gasteiger partial charge in [-0.05, 0) is 126 Å². The summed E-state index contributed by atoms with van der Waals surface area (Å²) in [5.41, 5.74) is 7.66. The summed E-state index contributed by atoms with van der Waals surface area (Å²) in [7, 11) is -4.17. The zero-order chi connectivity index (χ0) is 36.1. The van der Waals surface area contributed by atoms with E-state index >= 15 is 0 Å². The van der Waals surface area contributed by atoms with Crippen molar-refractivity contribution in [2.24, 2.45) is 11.3 Å². The molecule has 4 aromatic carbocycles. The molecule has 50 heavy (non-hydrogen) atoms. The van der Waals surface area contributed by atoms with E-state index in [0.29, 0.717) is 34.0 Å². The molecule has 5 rings (SSSR count). The van der Waals surface area contributed by atoms with Crippen LogP contribution in [0.3, 0.4) is 0 Å². The monoisotopic (exact) mass is 714 g/mol. The van der Waals surface area contributed by atoms with Crippen LogP contribution in [0.1, 0.15) is 90.9 Å². The number of halogens is 1. The molecule has 1 atom stereocenters. The van der Waals surface area contributed by atoms with Crippen molar-refractivity contribution in [1.82, 2.24) is 5.32 Å². The smallest absolute Gasteiger partial charge is 0.266 e. The molecule has 0 bridgehead atoms. The molecule has 1 fully saturated rings. The van der Waals surface area contributed by atoms with Crippen molar-refractivity contribution in [2.75, 3.05) is 17.6 Å². The van der Waals surface area contributed by atoms with Crippen LogP contribution in [-0.2, 0) is 21.3 Å². The number of hydrogen-bond acceptors (Lipinski definition) is 4. The second kappa shape index (κ2) is 15.9. The number of benzene rings is 4. The van der Waals surface area contributed by atoms with Gasteiger partial charge in [0.05, 0.1) is 11.7 Å². The number of anilines is 1. The van der Waals surface area contributed by atoms with Crippen LogP contribution in [0.25, 0.3) is 11.1 Å². The molecule has 9 heteroatoms. The molecule has 0 heterocycles. The van der Waals surface area contributed by atoms with Crippen LogP contribution in [-0.4, -0.2) is 37.1 Å². The Kier molecular flexibility index (Phi) is 11.9. The normalized spacial score (nSPS) is 17.2. The number of aryl methyl sites for hydroxylation is 1. The molecule has 1 aliphatic rings. The van der Waals surface area contributed by atoms with E-state index in [0.717, 1.165) is 33.7 Å². The Morgan fingerprint density at radius 3 is 2.10 bits per heavy atom. The number of rotatable bonds is 11. The lowest BCUT2D eigenvalue weighted by Crippen LogP contribution is -2.28. The van der Waals surface area contributed by atoms with Gasteiger partial charge >= 0.3 is 0 Å². The zero-order valence-electron chi connectivity index (χ0n) is 29.2. The minimum absolute atomic E-state index is 0.133. The van der Waals surface area contributed by atoms with Crippen molar-refractivity contribution in [3.8, 4) is 11.1 Å². The van der Waals surface area contributed by atoms with Crippen molar-refractivity contribution in [3.63, 3.8) is 0 Å². The van der Waals surface area contributed by atoms with E-state index in [9.17, 15) is 18.0 Å². The molecule has 1 aliphatic carbocycles. The SMILES string of the molecule is Cc1cc(Cl)ccc1-c1ccc(NC(=O)[C@@H](Cc2ccc(C(=O)NCCS(=O)(=O)O)cc2)c2ccc([C@H]3CC[C@H](C(C)(C)C)CC3)cc2)cc1. The van der Waals surface area contributed by atoms with Gasteiger partial charge in [0.15, 0.2) is 0 Å². The quantitative estimate of drug-likeness (QED) is 0.134. The number of carbonyl (C=O) groups is 2. The minimum Gasteiger partial charge on any atom is -0.351 e. The Hall–Kier alpha value is -3.98. The predicted octanol–water partition coefficient (Wildman–Crippen LogP) is 9.22. The Labute approximate surface area is 301 Å². The summed E-state index contributed by atoms with van der Waals surface area (Å²) < 4.78 is 30.9. The highest BCUT2D eigenvalue weighted by Crippen LogP contribution is 2.43. The maximum absolute atomic E-state index is 14.0. The Morgan fingerprint density at radius 2 is 1.52 bits per heavy atom.